The van der Waals surface area contributed by atoms with Crippen LogP contribution in [0, 0.1) is 0 Å². The Labute approximate surface area is 567 Å². The first-order valence-corrected chi connectivity index (χ1v) is 34.6. The lowest BCUT2D eigenvalue weighted by Crippen LogP contribution is -2.03. The molecule has 0 atom stereocenters. The van der Waals surface area contributed by atoms with Gasteiger partial charge in [-0.2, -0.15) is 0 Å². The number of hydrogen-bond donors (Lipinski definition) is 0. The molecule has 0 N–H and O–H groups in total. The van der Waals surface area contributed by atoms with Crippen LogP contribution >= 0.6 is 22.7 Å². The summed E-state index contributed by atoms with van der Waals surface area (Å²) in [4.78, 5) is 21.2. The Morgan fingerprint density at radius 3 is 0.980 bits per heavy atom. The minimum atomic E-state index is 0.664. The van der Waals surface area contributed by atoms with Gasteiger partial charge in [0.05, 0.1) is 66.6 Å². The average molecular weight is 1290 g/mol. The topological polar surface area (TPSA) is 71.3 Å². The van der Waals surface area contributed by atoms with Gasteiger partial charge in [0, 0.05) is 117 Å². The normalized spacial score (nSPS) is 12.1. The second kappa shape index (κ2) is 21.5. The molecule has 98 heavy (non-hydrogen) atoms. The Hall–Kier alpha value is -12.6. The smallest absolute Gasteiger partial charge is 0.235 e. The van der Waals surface area contributed by atoms with Crippen LogP contribution in [-0.4, -0.2) is 38.2 Å². The van der Waals surface area contributed by atoms with Crippen molar-refractivity contribution >= 4 is 172 Å². The lowest BCUT2D eigenvalue weighted by molar-refractivity contribution is 1.01. The average Bonchev–Trinajstić information content (AvgIpc) is 1.55. The number of fused-ring (bicyclic) bond motifs is 20. The summed E-state index contributed by atoms with van der Waals surface area (Å²) in [5, 5.41) is 16.9. The van der Waals surface area contributed by atoms with Crippen molar-refractivity contribution < 1.29 is 0 Å². The van der Waals surface area contributed by atoms with Crippen LogP contribution in [0.15, 0.2) is 315 Å². The molecule has 22 rings (SSSR count). The summed E-state index contributed by atoms with van der Waals surface area (Å²) in [6.45, 7) is 0. The van der Waals surface area contributed by atoms with Crippen LogP contribution in [0.2, 0.25) is 0 Å². The maximum absolute atomic E-state index is 5.39. The molecule has 0 fully saturated rings. The number of thiophene rings is 2. The van der Waals surface area contributed by atoms with Crippen molar-refractivity contribution in [2.24, 2.45) is 0 Å². The van der Waals surface area contributed by atoms with Gasteiger partial charge in [-0.1, -0.05) is 206 Å². The molecular formula is C88H52N8S2. The van der Waals surface area contributed by atoms with Crippen LogP contribution in [0.5, 0.6) is 0 Å². The number of nitrogens with zero attached hydrogens (tertiary/aromatic N) is 8. The quantitative estimate of drug-likeness (QED) is 0.166. The Kier molecular flexibility index (Phi) is 12.0. The molecule has 0 aliphatic carbocycles. The highest BCUT2D eigenvalue weighted by Crippen LogP contribution is 2.47. The highest BCUT2D eigenvalue weighted by Gasteiger charge is 2.25. The summed E-state index contributed by atoms with van der Waals surface area (Å²) in [6.07, 6.45) is 0. The molecular weight excluding hydrogens is 1230 g/mol. The van der Waals surface area contributed by atoms with Crippen molar-refractivity contribution in [1.82, 2.24) is 38.2 Å². The highest BCUT2D eigenvalue weighted by molar-refractivity contribution is 7.26. The molecule has 0 unspecified atom stereocenters. The Bertz CT molecular complexity index is 7040. The van der Waals surface area contributed by atoms with Crippen LogP contribution in [0.4, 0.5) is 0 Å². The third kappa shape index (κ3) is 8.29. The lowest BCUT2D eigenvalue weighted by Gasteiger charge is -2.12. The molecule has 8 aromatic heterocycles. The molecule has 0 bridgehead atoms. The number of aromatic nitrogens is 8. The van der Waals surface area contributed by atoms with E-state index in [-0.39, 0.29) is 0 Å². The van der Waals surface area contributed by atoms with Gasteiger partial charge in [0.2, 0.25) is 11.9 Å². The van der Waals surface area contributed by atoms with Crippen molar-refractivity contribution in [3.63, 3.8) is 0 Å². The van der Waals surface area contributed by atoms with E-state index in [2.05, 4.69) is 322 Å². The van der Waals surface area contributed by atoms with Gasteiger partial charge in [-0.3, -0.25) is 9.13 Å². The Balaban J connectivity index is 0.000000129. The molecule has 0 amide bonds. The summed E-state index contributed by atoms with van der Waals surface area (Å²) in [6, 6.07) is 113. The van der Waals surface area contributed by atoms with Crippen LogP contribution in [0.25, 0.3) is 195 Å². The van der Waals surface area contributed by atoms with Crippen molar-refractivity contribution in [3.8, 4) is 45.8 Å². The van der Waals surface area contributed by atoms with E-state index >= 15 is 0 Å². The Morgan fingerprint density at radius 1 is 0.194 bits per heavy atom. The van der Waals surface area contributed by atoms with Crippen LogP contribution in [0.1, 0.15) is 0 Å². The van der Waals surface area contributed by atoms with Gasteiger partial charge >= 0.3 is 0 Å². The van der Waals surface area contributed by atoms with Crippen LogP contribution in [-0.2, 0) is 0 Å². The van der Waals surface area contributed by atoms with Gasteiger partial charge < -0.3 is 9.13 Å². The first kappa shape index (κ1) is 54.8. The molecule has 10 heteroatoms. The molecule has 0 saturated carbocycles. The molecule has 14 aromatic carbocycles. The zero-order valence-corrected chi connectivity index (χ0v) is 54.0. The third-order valence-corrected chi connectivity index (χ3v) is 22.1. The standard InChI is InChI=1S/2C44H26N4S/c1-3-13-27(14-4-1)43-31-19-7-10-20-36(31)45-44(46-43)48-37-21-11-8-17-29(37)32-23-33-34-25-42-35(30-18-9-12-22-41(30)49-42)24-38(34)47(39(33)26-40(32)48)28-15-5-2-6-16-28;1-3-13-27(14-4-1)43-31-19-7-10-20-36(31)45-44(46-43)48-38-24-35-30-18-9-12-22-41(30)49-42(35)25-34(38)33-23-32-29-17-8-11-21-37(29)47(39(32)26-40(33)48)28-15-5-2-6-16-28/h2*1-26H. The summed E-state index contributed by atoms with van der Waals surface area (Å²) in [7, 11) is 0. The molecule has 0 saturated heterocycles. The molecule has 0 spiro atoms. The fourth-order valence-corrected chi connectivity index (χ4v) is 17.7. The SMILES string of the molecule is c1ccc(-c2nc(-n3c4cc5c(cc4c4cc6c7ccccc7n(-c7ccccc7)c6cc43)sc3ccccc35)nc3ccccc23)cc1.c1ccc(-c2nc(-n3c4ccccc4c4cc5c6cc7sc8ccccc8c7cc6n(-c6ccccc6)c5cc43)nc3ccccc23)cc1. The molecule has 8 heterocycles. The van der Waals surface area contributed by atoms with Crippen molar-refractivity contribution in [2.45, 2.75) is 0 Å². The molecule has 0 radical (unpaired) electrons. The molecule has 456 valence electrons. The first-order chi connectivity index (χ1) is 48.6. The van der Waals surface area contributed by atoms with E-state index in [4.69, 9.17) is 19.9 Å². The number of hydrogen-bond acceptors (Lipinski definition) is 6. The third-order valence-electron chi connectivity index (χ3n) is 19.8. The van der Waals surface area contributed by atoms with E-state index < -0.39 is 0 Å². The largest absolute Gasteiger partial charge is 0.309 e. The molecule has 0 aliphatic heterocycles. The van der Waals surface area contributed by atoms with E-state index in [9.17, 15) is 0 Å². The summed E-state index contributed by atoms with van der Waals surface area (Å²) < 4.78 is 14.6. The van der Waals surface area contributed by atoms with Gasteiger partial charge in [-0.15, -0.1) is 22.7 Å². The molecule has 8 nitrogen and oxygen atoms in total. The zero-order chi connectivity index (χ0) is 64.1. The predicted octanol–water partition coefficient (Wildman–Crippen LogP) is 23.7. The summed E-state index contributed by atoms with van der Waals surface area (Å²) >= 11 is 3.72. The van der Waals surface area contributed by atoms with Crippen molar-refractivity contribution in [2.75, 3.05) is 0 Å². The zero-order valence-electron chi connectivity index (χ0n) is 52.4. The number of rotatable bonds is 6. The Morgan fingerprint density at radius 2 is 0.510 bits per heavy atom. The van der Waals surface area contributed by atoms with Crippen molar-refractivity contribution in [3.05, 3.63) is 315 Å². The number of para-hydroxylation sites is 6. The number of benzene rings is 14. The van der Waals surface area contributed by atoms with Crippen LogP contribution < -0.4 is 0 Å². The lowest BCUT2D eigenvalue weighted by atomic mass is 10.1. The minimum Gasteiger partial charge on any atom is -0.309 e. The van der Waals surface area contributed by atoms with Gasteiger partial charge in [-0.25, -0.2) is 19.9 Å². The van der Waals surface area contributed by atoms with Gasteiger partial charge in [0.15, 0.2) is 0 Å². The van der Waals surface area contributed by atoms with Gasteiger partial charge in [-0.05, 0) is 109 Å². The van der Waals surface area contributed by atoms with E-state index in [1.54, 1.807) is 0 Å². The molecule has 0 aliphatic rings. The van der Waals surface area contributed by atoms with E-state index in [1.807, 2.05) is 34.8 Å². The monoisotopic (exact) mass is 1280 g/mol. The van der Waals surface area contributed by atoms with Crippen molar-refractivity contribution in [1.29, 1.82) is 0 Å². The summed E-state index contributed by atoms with van der Waals surface area (Å²) in [5.74, 6) is 1.33. The van der Waals surface area contributed by atoms with Crippen LogP contribution in [0.3, 0.4) is 0 Å². The predicted molar refractivity (Wildman–Crippen MR) is 413 cm³/mol. The first-order valence-electron chi connectivity index (χ1n) is 33.0. The minimum absolute atomic E-state index is 0.664. The highest BCUT2D eigenvalue weighted by atomic mass is 32.1. The maximum Gasteiger partial charge on any atom is 0.235 e. The second-order valence-corrected chi connectivity index (χ2v) is 27.4. The second-order valence-electron chi connectivity index (χ2n) is 25.3. The van der Waals surface area contributed by atoms with E-state index in [0.29, 0.717) is 11.9 Å². The maximum atomic E-state index is 5.39. The summed E-state index contributed by atoms with van der Waals surface area (Å²) in [5.41, 5.74) is 17.2. The molecule has 22 aromatic rings. The van der Waals surface area contributed by atoms with E-state index in [1.165, 1.54) is 94.5 Å². The fraction of sp³-hybridized carbons (Fsp3) is 0. The van der Waals surface area contributed by atoms with Gasteiger partial charge in [0.25, 0.3) is 0 Å². The fourth-order valence-electron chi connectivity index (χ4n) is 15.5. The van der Waals surface area contributed by atoms with Gasteiger partial charge in [0.1, 0.15) is 0 Å². The van der Waals surface area contributed by atoms with E-state index in [0.717, 1.165) is 88.8 Å².